The monoisotopic (exact) mass is 147 g/mol. The van der Waals surface area contributed by atoms with E-state index in [1.165, 1.54) is 7.05 Å². The normalized spacial score (nSPS) is 12.7. The molecule has 2 N–H and O–H groups in total. The van der Waals surface area contributed by atoms with Crippen molar-refractivity contribution in [1.82, 2.24) is 4.90 Å². The van der Waals surface area contributed by atoms with Gasteiger partial charge in [0.05, 0.1) is 6.10 Å². The molecular weight excluding hydrogens is 134 g/mol. The van der Waals surface area contributed by atoms with Crippen LogP contribution in [-0.4, -0.2) is 40.9 Å². The number of amides is 1. The van der Waals surface area contributed by atoms with Gasteiger partial charge in [0.2, 0.25) is 0 Å². The SMILES string of the molecule is CC(O)CCN(C)C(=O)O. The zero-order valence-corrected chi connectivity index (χ0v) is 6.24. The molecule has 0 saturated heterocycles. The number of aliphatic hydroxyl groups excluding tert-OH is 1. The average Bonchev–Trinajstić information content (AvgIpc) is 1.82. The van der Waals surface area contributed by atoms with E-state index in [-0.39, 0.29) is 0 Å². The van der Waals surface area contributed by atoms with Gasteiger partial charge in [-0.1, -0.05) is 0 Å². The molecule has 0 aliphatic heterocycles. The Hall–Kier alpha value is -0.770. The predicted octanol–water partition coefficient (Wildman–Crippen LogP) is 0.367. The maximum atomic E-state index is 10.2. The molecule has 0 fully saturated rings. The topological polar surface area (TPSA) is 60.8 Å². The minimum Gasteiger partial charge on any atom is -0.465 e. The van der Waals surface area contributed by atoms with Crippen molar-refractivity contribution in [2.45, 2.75) is 19.4 Å². The van der Waals surface area contributed by atoms with Crippen LogP contribution in [-0.2, 0) is 0 Å². The first-order valence-electron chi connectivity index (χ1n) is 3.16. The van der Waals surface area contributed by atoms with Gasteiger partial charge in [0.1, 0.15) is 0 Å². The van der Waals surface area contributed by atoms with Gasteiger partial charge < -0.3 is 15.1 Å². The van der Waals surface area contributed by atoms with E-state index in [4.69, 9.17) is 10.2 Å². The lowest BCUT2D eigenvalue weighted by Crippen LogP contribution is -2.27. The second kappa shape index (κ2) is 4.11. The molecule has 4 heteroatoms. The minimum atomic E-state index is -0.958. The quantitative estimate of drug-likeness (QED) is 0.606. The fourth-order valence-corrected chi connectivity index (χ4v) is 0.476. The maximum absolute atomic E-state index is 10.2. The van der Waals surface area contributed by atoms with Gasteiger partial charge in [0.25, 0.3) is 0 Å². The Kier molecular flexibility index (Phi) is 3.79. The molecule has 1 amide bonds. The molecule has 0 bridgehead atoms. The molecule has 0 aromatic rings. The van der Waals surface area contributed by atoms with Gasteiger partial charge in [-0.3, -0.25) is 0 Å². The molecule has 0 rings (SSSR count). The third kappa shape index (κ3) is 4.14. The second-order valence-corrected chi connectivity index (χ2v) is 2.34. The predicted molar refractivity (Wildman–Crippen MR) is 37.0 cm³/mol. The lowest BCUT2D eigenvalue weighted by atomic mass is 10.3. The summed E-state index contributed by atoms with van der Waals surface area (Å²) < 4.78 is 0. The molecule has 0 saturated carbocycles. The van der Waals surface area contributed by atoms with Crippen molar-refractivity contribution >= 4 is 6.09 Å². The molecule has 0 aliphatic carbocycles. The average molecular weight is 147 g/mol. The molecule has 4 nitrogen and oxygen atoms in total. The van der Waals surface area contributed by atoms with Crippen molar-refractivity contribution in [3.63, 3.8) is 0 Å². The molecule has 0 spiro atoms. The first-order valence-corrected chi connectivity index (χ1v) is 3.16. The Bertz CT molecular complexity index is 114. The van der Waals surface area contributed by atoms with Gasteiger partial charge in [0, 0.05) is 13.6 Å². The van der Waals surface area contributed by atoms with Crippen molar-refractivity contribution < 1.29 is 15.0 Å². The molecule has 0 aromatic heterocycles. The standard InChI is InChI=1S/C6H13NO3/c1-5(8)3-4-7(2)6(9)10/h5,8H,3-4H2,1-2H3,(H,9,10). The van der Waals surface area contributed by atoms with Gasteiger partial charge >= 0.3 is 6.09 Å². The summed E-state index contributed by atoms with van der Waals surface area (Å²) in [6, 6.07) is 0. The van der Waals surface area contributed by atoms with Gasteiger partial charge in [-0.25, -0.2) is 4.79 Å². The number of hydrogen-bond acceptors (Lipinski definition) is 2. The van der Waals surface area contributed by atoms with Crippen LogP contribution in [0.4, 0.5) is 4.79 Å². The first kappa shape index (κ1) is 9.23. The number of carboxylic acid groups (broad SMARTS) is 1. The molecule has 0 aromatic carbocycles. The Labute approximate surface area is 60.1 Å². The van der Waals surface area contributed by atoms with Crippen LogP contribution >= 0.6 is 0 Å². The van der Waals surface area contributed by atoms with E-state index in [1.54, 1.807) is 6.92 Å². The fraction of sp³-hybridized carbons (Fsp3) is 0.833. The number of nitrogens with zero attached hydrogens (tertiary/aromatic N) is 1. The van der Waals surface area contributed by atoms with E-state index in [2.05, 4.69) is 0 Å². The zero-order chi connectivity index (χ0) is 8.15. The van der Waals surface area contributed by atoms with Gasteiger partial charge in [-0.2, -0.15) is 0 Å². The maximum Gasteiger partial charge on any atom is 0.407 e. The number of rotatable bonds is 3. The van der Waals surface area contributed by atoms with Crippen LogP contribution in [0.25, 0.3) is 0 Å². The van der Waals surface area contributed by atoms with E-state index in [1.807, 2.05) is 0 Å². The summed E-state index contributed by atoms with van der Waals surface area (Å²) in [6.45, 7) is 2.02. The van der Waals surface area contributed by atoms with Crippen molar-refractivity contribution in [2.24, 2.45) is 0 Å². The fourth-order valence-electron chi connectivity index (χ4n) is 0.476. The number of hydrogen-bond donors (Lipinski definition) is 2. The van der Waals surface area contributed by atoms with E-state index < -0.39 is 12.2 Å². The summed E-state index contributed by atoms with van der Waals surface area (Å²) in [5, 5.41) is 17.1. The summed E-state index contributed by atoms with van der Waals surface area (Å²) in [7, 11) is 1.48. The van der Waals surface area contributed by atoms with E-state index >= 15 is 0 Å². The third-order valence-electron chi connectivity index (χ3n) is 1.21. The van der Waals surface area contributed by atoms with Crippen molar-refractivity contribution in [2.75, 3.05) is 13.6 Å². The minimum absolute atomic E-state index is 0.382. The Balaban J connectivity index is 3.40. The molecule has 0 radical (unpaired) electrons. The Morgan fingerprint density at radius 2 is 2.20 bits per heavy atom. The van der Waals surface area contributed by atoms with E-state index in [0.717, 1.165) is 4.90 Å². The summed E-state index contributed by atoms with van der Waals surface area (Å²) in [4.78, 5) is 11.3. The Morgan fingerprint density at radius 1 is 1.70 bits per heavy atom. The summed E-state index contributed by atoms with van der Waals surface area (Å²) in [6.07, 6.45) is -0.898. The van der Waals surface area contributed by atoms with Crippen LogP contribution in [0.5, 0.6) is 0 Å². The van der Waals surface area contributed by atoms with Crippen molar-refractivity contribution in [3.05, 3.63) is 0 Å². The Morgan fingerprint density at radius 3 is 2.50 bits per heavy atom. The van der Waals surface area contributed by atoms with E-state index in [0.29, 0.717) is 13.0 Å². The highest BCUT2D eigenvalue weighted by Gasteiger charge is 2.05. The second-order valence-electron chi connectivity index (χ2n) is 2.34. The van der Waals surface area contributed by atoms with Gasteiger partial charge in [0.15, 0.2) is 0 Å². The van der Waals surface area contributed by atoms with E-state index in [9.17, 15) is 4.79 Å². The number of aliphatic hydroxyl groups is 1. The number of carbonyl (C=O) groups is 1. The largest absolute Gasteiger partial charge is 0.465 e. The molecule has 60 valence electrons. The van der Waals surface area contributed by atoms with Crippen molar-refractivity contribution in [3.8, 4) is 0 Å². The summed E-state index contributed by atoms with van der Waals surface area (Å²) in [5.74, 6) is 0. The highest BCUT2D eigenvalue weighted by Crippen LogP contribution is 1.92. The smallest absolute Gasteiger partial charge is 0.407 e. The first-order chi connectivity index (χ1) is 4.54. The molecule has 0 heterocycles. The highest BCUT2D eigenvalue weighted by atomic mass is 16.4. The molecular formula is C6H13NO3. The molecule has 10 heavy (non-hydrogen) atoms. The summed E-state index contributed by atoms with van der Waals surface area (Å²) in [5.41, 5.74) is 0. The highest BCUT2D eigenvalue weighted by molar-refractivity contribution is 5.64. The molecule has 1 atom stereocenters. The lowest BCUT2D eigenvalue weighted by molar-refractivity contribution is 0.137. The van der Waals surface area contributed by atoms with Crippen LogP contribution in [0.1, 0.15) is 13.3 Å². The van der Waals surface area contributed by atoms with Gasteiger partial charge in [-0.15, -0.1) is 0 Å². The molecule has 1 unspecified atom stereocenters. The van der Waals surface area contributed by atoms with Crippen LogP contribution in [0.2, 0.25) is 0 Å². The summed E-state index contributed by atoms with van der Waals surface area (Å²) >= 11 is 0. The zero-order valence-electron chi connectivity index (χ0n) is 6.24. The van der Waals surface area contributed by atoms with Crippen LogP contribution in [0.3, 0.4) is 0 Å². The van der Waals surface area contributed by atoms with Crippen LogP contribution in [0.15, 0.2) is 0 Å². The molecule has 0 aliphatic rings. The van der Waals surface area contributed by atoms with Crippen molar-refractivity contribution in [1.29, 1.82) is 0 Å². The van der Waals surface area contributed by atoms with Crippen LogP contribution < -0.4 is 0 Å². The van der Waals surface area contributed by atoms with Crippen LogP contribution in [0, 0.1) is 0 Å². The van der Waals surface area contributed by atoms with Gasteiger partial charge in [-0.05, 0) is 13.3 Å². The third-order valence-corrected chi connectivity index (χ3v) is 1.21. The lowest BCUT2D eigenvalue weighted by Gasteiger charge is -2.13.